The first-order valence-corrected chi connectivity index (χ1v) is 8.67. The molecule has 0 aliphatic heterocycles. The van der Waals surface area contributed by atoms with E-state index in [1.165, 1.54) is 40.7 Å². The number of hydrogen-bond acceptors (Lipinski definition) is 3. The normalized spacial score (nSPS) is 11.5. The Morgan fingerprint density at radius 1 is 1.08 bits per heavy atom. The van der Waals surface area contributed by atoms with E-state index in [4.69, 9.17) is 5.11 Å². The molecule has 0 bridgehead atoms. The minimum atomic E-state index is -4.58. The van der Waals surface area contributed by atoms with E-state index in [2.05, 4.69) is 5.10 Å². The summed E-state index contributed by atoms with van der Waals surface area (Å²) in [5, 5.41) is 12.7. The number of hydrogen-bond donors (Lipinski definition) is 1. The van der Waals surface area contributed by atoms with Crippen molar-refractivity contribution in [3.63, 3.8) is 0 Å². The first-order valence-electron chi connectivity index (χ1n) is 7.45. The van der Waals surface area contributed by atoms with Crippen LogP contribution in [-0.2, 0) is 6.18 Å². The monoisotopic (exact) mass is 378 g/mol. The van der Waals surface area contributed by atoms with Crippen LogP contribution in [0, 0.1) is 0 Å². The molecule has 0 saturated carbocycles. The van der Waals surface area contributed by atoms with Gasteiger partial charge in [0.2, 0.25) is 0 Å². The van der Waals surface area contributed by atoms with Crippen LogP contribution >= 0.6 is 11.8 Å². The molecular weight excluding hydrogens is 365 g/mol. The van der Waals surface area contributed by atoms with Gasteiger partial charge < -0.3 is 5.11 Å². The third kappa shape index (κ3) is 3.60. The molecule has 3 rings (SSSR count). The van der Waals surface area contributed by atoms with E-state index in [-0.39, 0.29) is 11.3 Å². The summed E-state index contributed by atoms with van der Waals surface area (Å²) in [4.78, 5) is 11.9. The predicted molar refractivity (Wildman–Crippen MR) is 92.7 cm³/mol. The fourth-order valence-corrected chi connectivity index (χ4v) is 2.84. The lowest BCUT2D eigenvalue weighted by molar-refractivity contribution is -0.141. The molecule has 0 saturated heterocycles. The largest absolute Gasteiger partial charge is 0.478 e. The highest BCUT2D eigenvalue weighted by Gasteiger charge is 2.35. The van der Waals surface area contributed by atoms with E-state index >= 15 is 0 Å². The van der Waals surface area contributed by atoms with E-state index in [0.29, 0.717) is 11.3 Å². The minimum absolute atomic E-state index is 0.0443. The van der Waals surface area contributed by atoms with Gasteiger partial charge in [-0.15, -0.1) is 11.8 Å². The highest BCUT2D eigenvalue weighted by molar-refractivity contribution is 7.98. The highest BCUT2D eigenvalue weighted by atomic mass is 32.2. The van der Waals surface area contributed by atoms with Crippen LogP contribution in [0.4, 0.5) is 13.2 Å². The number of aromatic nitrogens is 2. The number of nitrogens with zero attached hydrogens (tertiary/aromatic N) is 2. The summed E-state index contributed by atoms with van der Waals surface area (Å²) < 4.78 is 40.6. The summed E-state index contributed by atoms with van der Waals surface area (Å²) in [7, 11) is 0. The van der Waals surface area contributed by atoms with Crippen LogP contribution in [0.2, 0.25) is 0 Å². The third-order valence-electron chi connectivity index (χ3n) is 3.74. The van der Waals surface area contributed by atoms with Crippen LogP contribution in [0.25, 0.3) is 16.9 Å². The van der Waals surface area contributed by atoms with Gasteiger partial charge in [-0.3, -0.25) is 0 Å². The van der Waals surface area contributed by atoms with Crippen molar-refractivity contribution in [3.8, 4) is 16.9 Å². The van der Waals surface area contributed by atoms with Crippen molar-refractivity contribution in [1.82, 2.24) is 9.78 Å². The Morgan fingerprint density at radius 3 is 2.19 bits per heavy atom. The lowest BCUT2D eigenvalue weighted by Gasteiger charge is -2.08. The standard InChI is InChI=1S/C18H13F3N2O2S/c1-26-14-8-4-11(5-9-14)15-10-16(18(19,20)21)22-23(15)13-6-2-12(3-7-13)17(24)25/h2-10H,1H3,(H,24,25). The Kier molecular flexibility index (Phi) is 4.78. The van der Waals surface area contributed by atoms with Gasteiger partial charge in [0.05, 0.1) is 16.9 Å². The fourth-order valence-electron chi connectivity index (χ4n) is 2.43. The quantitative estimate of drug-likeness (QED) is 0.651. The summed E-state index contributed by atoms with van der Waals surface area (Å²) in [6.07, 6.45) is -2.68. The Hall–Kier alpha value is -2.74. The van der Waals surface area contributed by atoms with Gasteiger partial charge in [-0.05, 0) is 48.7 Å². The molecule has 0 radical (unpaired) electrons. The Morgan fingerprint density at radius 2 is 1.69 bits per heavy atom. The maximum absolute atomic E-state index is 13.1. The van der Waals surface area contributed by atoms with E-state index in [1.807, 2.05) is 18.4 Å². The topological polar surface area (TPSA) is 55.1 Å². The fraction of sp³-hybridized carbons (Fsp3) is 0.111. The maximum atomic E-state index is 13.1. The molecule has 0 amide bonds. The number of benzene rings is 2. The number of rotatable bonds is 4. The summed E-state index contributed by atoms with van der Waals surface area (Å²) in [6.45, 7) is 0. The molecule has 0 fully saturated rings. The molecule has 1 heterocycles. The van der Waals surface area contributed by atoms with Gasteiger partial charge in [-0.25, -0.2) is 9.48 Å². The van der Waals surface area contributed by atoms with E-state index in [0.717, 1.165) is 11.0 Å². The van der Waals surface area contributed by atoms with Gasteiger partial charge in [0.1, 0.15) is 0 Å². The minimum Gasteiger partial charge on any atom is -0.478 e. The molecule has 3 aromatic rings. The molecule has 0 aliphatic carbocycles. The first kappa shape index (κ1) is 18.1. The lowest BCUT2D eigenvalue weighted by atomic mass is 10.1. The number of carboxylic acid groups (broad SMARTS) is 1. The van der Waals surface area contributed by atoms with Gasteiger partial charge in [0, 0.05) is 10.5 Å². The Labute approximate surface area is 151 Å². The number of carbonyl (C=O) groups is 1. The summed E-state index contributed by atoms with van der Waals surface area (Å²) in [6, 6.07) is 13.6. The Balaban J connectivity index is 2.13. The number of thioether (sulfide) groups is 1. The number of aromatic carboxylic acids is 1. The van der Waals surface area contributed by atoms with Crippen molar-refractivity contribution in [2.45, 2.75) is 11.1 Å². The van der Waals surface area contributed by atoms with Gasteiger partial charge in [-0.1, -0.05) is 12.1 Å². The summed E-state index contributed by atoms with van der Waals surface area (Å²) in [5.41, 5.74) is 0.224. The third-order valence-corrected chi connectivity index (χ3v) is 4.49. The molecule has 4 nitrogen and oxygen atoms in total. The van der Waals surface area contributed by atoms with Crippen LogP contribution in [0.5, 0.6) is 0 Å². The number of halogens is 3. The van der Waals surface area contributed by atoms with Crippen molar-refractivity contribution >= 4 is 17.7 Å². The second-order valence-electron chi connectivity index (χ2n) is 5.40. The van der Waals surface area contributed by atoms with Crippen molar-refractivity contribution in [2.24, 2.45) is 0 Å². The molecule has 26 heavy (non-hydrogen) atoms. The zero-order valence-corrected chi connectivity index (χ0v) is 14.3. The molecule has 8 heteroatoms. The van der Waals surface area contributed by atoms with Gasteiger partial charge in [0.25, 0.3) is 0 Å². The zero-order valence-electron chi connectivity index (χ0n) is 13.5. The smallest absolute Gasteiger partial charge is 0.435 e. The molecule has 2 aromatic carbocycles. The van der Waals surface area contributed by atoms with E-state index in [1.54, 1.807) is 12.1 Å². The van der Waals surface area contributed by atoms with Crippen LogP contribution in [0.15, 0.2) is 59.5 Å². The van der Waals surface area contributed by atoms with Crippen LogP contribution < -0.4 is 0 Å². The highest BCUT2D eigenvalue weighted by Crippen LogP contribution is 2.33. The maximum Gasteiger partial charge on any atom is 0.435 e. The summed E-state index contributed by atoms with van der Waals surface area (Å²) in [5.74, 6) is -1.11. The average Bonchev–Trinajstić information content (AvgIpc) is 3.07. The summed E-state index contributed by atoms with van der Waals surface area (Å²) >= 11 is 1.53. The van der Waals surface area contributed by atoms with Crippen LogP contribution in [-0.4, -0.2) is 27.1 Å². The number of alkyl halides is 3. The first-order chi connectivity index (χ1) is 12.3. The molecule has 0 spiro atoms. The van der Waals surface area contributed by atoms with Crippen molar-refractivity contribution < 1.29 is 23.1 Å². The molecule has 1 aromatic heterocycles. The average molecular weight is 378 g/mol. The van der Waals surface area contributed by atoms with Crippen LogP contribution in [0.3, 0.4) is 0 Å². The second-order valence-corrected chi connectivity index (χ2v) is 6.28. The zero-order chi connectivity index (χ0) is 18.9. The second kappa shape index (κ2) is 6.87. The predicted octanol–water partition coefficient (Wildman–Crippen LogP) is 4.98. The van der Waals surface area contributed by atoms with Gasteiger partial charge >= 0.3 is 12.1 Å². The molecule has 0 unspecified atom stereocenters. The van der Waals surface area contributed by atoms with Gasteiger partial charge in [0.15, 0.2) is 5.69 Å². The molecule has 0 aliphatic rings. The molecule has 134 valence electrons. The molecule has 0 atom stereocenters. The SMILES string of the molecule is CSc1ccc(-c2cc(C(F)(F)F)nn2-c2ccc(C(=O)O)cc2)cc1. The lowest BCUT2D eigenvalue weighted by Crippen LogP contribution is -2.07. The molecular formula is C18H13F3N2O2S. The Bertz CT molecular complexity index is 933. The van der Waals surface area contributed by atoms with Crippen LogP contribution in [0.1, 0.15) is 16.1 Å². The van der Waals surface area contributed by atoms with Crippen molar-refractivity contribution in [1.29, 1.82) is 0 Å². The van der Waals surface area contributed by atoms with E-state index in [9.17, 15) is 18.0 Å². The van der Waals surface area contributed by atoms with E-state index < -0.39 is 17.8 Å². The van der Waals surface area contributed by atoms with Crippen molar-refractivity contribution in [3.05, 3.63) is 65.9 Å². The van der Waals surface area contributed by atoms with Gasteiger partial charge in [-0.2, -0.15) is 18.3 Å². The molecule has 1 N–H and O–H groups in total. The number of carboxylic acids is 1. The van der Waals surface area contributed by atoms with Crippen molar-refractivity contribution in [2.75, 3.05) is 6.26 Å².